The van der Waals surface area contributed by atoms with Crippen molar-refractivity contribution in [3.63, 3.8) is 0 Å². The smallest absolute Gasteiger partial charge is 0.139 e. The number of hydrogen-bond acceptors (Lipinski definition) is 4. The van der Waals surface area contributed by atoms with E-state index in [-0.39, 0.29) is 6.17 Å². The third-order valence-electron chi connectivity index (χ3n) is 2.63. The van der Waals surface area contributed by atoms with Crippen LogP contribution in [0.5, 0.6) is 0 Å². The topological polar surface area (TPSA) is 68.2 Å². The summed E-state index contributed by atoms with van der Waals surface area (Å²) in [6, 6.07) is 3.48. The Labute approximate surface area is 113 Å². The van der Waals surface area contributed by atoms with Crippen LogP contribution in [-0.4, -0.2) is 22.1 Å². The van der Waals surface area contributed by atoms with Crippen LogP contribution < -0.4 is 11.1 Å². The van der Waals surface area contributed by atoms with Gasteiger partial charge in [0.2, 0.25) is 0 Å². The van der Waals surface area contributed by atoms with Crippen molar-refractivity contribution in [2.75, 3.05) is 0 Å². The highest BCUT2D eigenvalue weighted by Crippen LogP contribution is 2.28. The number of benzene rings is 1. The van der Waals surface area contributed by atoms with Crippen LogP contribution in [0.4, 0.5) is 0 Å². The van der Waals surface area contributed by atoms with Gasteiger partial charge in [0.25, 0.3) is 0 Å². The zero-order valence-corrected chi connectivity index (χ0v) is 10.7. The van der Waals surface area contributed by atoms with Crippen LogP contribution in [0.25, 0.3) is 16.9 Å². The van der Waals surface area contributed by atoms with Crippen LogP contribution in [0.1, 0.15) is 0 Å². The Morgan fingerprint density at radius 2 is 2.06 bits per heavy atom. The van der Waals surface area contributed by atoms with Crippen LogP contribution in [0.15, 0.2) is 29.5 Å². The third kappa shape index (κ3) is 1.86. The zero-order chi connectivity index (χ0) is 12.7. The number of imidazole rings is 1. The molecule has 0 saturated heterocycles. The highest BCUT2D eigenvalue weighted by molar-refractivity contribution is 6.42. The molecule has 0 saturated carbocycles. The number of hydrogen-bond donors (Lipinski definition) is 2. The second kappa shape index (κ2) is 4.28. The fourth-order valence-corrected chi connectivity index (χ4v) is 2.09. The fraction of sp³-hybridized carbons (Fsp3) is 0.0909. The van der Waals surface area contributed by atoms with E-state index in [0.29, 0.717) is 15.9 Å². The average Bonchev–Trinajstić information content (AvgIpc) is 2.73. The Hall–Kier alpha value is -1.56. The van der Waals surface area contributed by atoms with Crippen molar-refractivity contribution >= 4 is 46.4 Å². The van der Waals surface area contributed by atoms with E-state index in [4.69, 9.17) is 28.9 Å². The summed E-state index contributed by atoms with van der Waals surface area (Å²) in [5.41, 5.74) is 7.36. The van der Waals surface area contributed by atoms with Crippen LogP contribution in [0, 0.1) is 0 Å². The van der Waals surface area contributed by atoms with E-state index in [9.17, 15) is 0 Å². The molecule has 18 heavy (non-hydrogen) atoms. The first-order valence-corrected chi connectivity index (χ1v) is 5.99. The number of nitrogens with one attached hydrogen (secondary N) is 1. The van der Waals surface area contributed by atoms with Gasteiger partial charge >= 0.3 is 0 Å². The van der Waals surface area contributed by atoms with Crippen molar-refractivity contribution in [3.8, 4) is 0 Å². The van der Waals surface area contributed by atoms with Gasteiger partial charge in [-0.3, -0.25) is 4.57 Å². The summed E-state index contributed by atoms with van der Waals surface area (Å²) in [7, 11) is 0. The predicted molar refractivity (Wildman–Crippen MR) is 73.6 cm³/mol. The van der Waals surface area contributed by atoms with Gasteiger partial charge in [-0.05, 0) is 18.2 Å². The minimum absolute atomic E-state index is 0.266. The molecule has 1 aliphatic rings. The first-order chi connectivity index (χ1) is 8.65. The number of nitrogens with zero attached hydrogens (tertiary/aromatic N) is 3. The SMILES string of the molecule is NC1C=C(n2cnc3cc(Cl)c(Cl)cc32)N=CN1. The molecular formula is C11H9Cl2N5. The van der Waals surface area contributed by atoms with Gasteiger partial charge in [-0.25, -0.2) is 9.98 Å². The Morgan fingerprint density at radius 3 is 2.83 bits per heavy atom. The molecule has 0 radical (unpaired) electrons. The van der Waals surface area contributed by atoms with Gasteiger partial charge in [0.05, 0.1) is 33.6 Å². The molecule has 0 bridgehead atoms. The Morgan fingerprint density at radius 1 is 1.28 bits per heavy atom. The van der Waals surface area contributed by atoms with Gasteiger partial charge in [0.15, 0.2) is 0 Å². The molecule has 2 aromatic rings. The van der Waals surface area contributed by atoms with Crippen LogP contribution in [0.3, 0.4) is 0 Å². The molecule has 0 spiro atoms. The molecule has 0 aliphatic carbocycles. The number of aromatic nitrogens is 2. The standard InChI is InChI=1S/C11H9Cl2N5/c12-6-1-8-9(2-7(6)13)18(5-17-8)11-3-10(14)15-4-16-11/h1-5,10H,14H2,(H,15,16). The van der Waals surface area contributed by atoms with E-state index in [0.717, 1.165) is 11.0 Å². The summed E-state index contributed by atoms with van der Waals surface area (Å²) in [5, 5.41) is 3.83. The van der Waals surface area contributed by atoms with Gasteiger partial charge in [0.1, 0.15) is 12.1 Å². The molecule has 3 rings (SSSR count). The molecule has 1 aromatic carbocycles. The maximum atomic E-state index is 6.02. The third-order valence-corrected chi connectivity index (χ3v) is 3.35. The first-order valence-electron chi connectivity index (χ1n) is 5.23. The van der Waals surface area contributed by atoms with Crippen LogP contribution >= 0.6 is 23.2 Å². The van der Waals surface area contributed by atoms with E-state index in [1.54, 1.807) is 30.9 Å². The van der Waals surface area contributed by atoms with E-state index >= 15 is 0 Å². The molecular weight excluding hydrogens is 273 g/mol. The summed E-state index contributed by atoms with van der Waals surface area (Å²) >= 11 is 12.0. The van der Waals surface area contributed by atoms with Crippen LogP contribution in [0.2, 0.25) is 10.0 Å². The largest absolute Gasteiger partial charge is 0.357 e. The van der Waals surface area contributed by atoms with Gasteiger partial charge in [-0.2, -0.15) is 0 Å². The average molecular weight is 282 g/mol. The minimum Gasteiger partial charge on any atom is -0.357 e. The van der Waals surface area contributed by atoms with Gasteiger partial charge < -0.3 is 11.1 Å². The lowest BCUT2D eigenvalue weighted by atomic mass is 10.3. The Bertz CT molecular complexity index is 673. The van der Waals surface area contributed by atoms with Crippen molar-refractivity contribution in [3.05, 3.63) is 34.6 Å². The van der Waals surface area contributed by atoms with E-state index < -0.39 is 0 Å². The number of rotatable bonds is 1. The molecule has 7 heteroatoms. The first kappa shape index (κ1) is 11.5. The molecule has 1 unspecified atom stereocenters. The normalized spacial score (nSPS) is 18.8. The lowest BCUT2D eigenvalue weighted by Gasteiger charge is -2.14. The van der Waals surface area contributed by atoms with Gasteiger partial charge in [-0.1, -0.05) is 23.2 Å². The monoisotopic (exact) mass is 281 g/mol. The summed E-state index contributed by atoms with van der Waals surface area (Å²) in [6.45, 7) is 0. The highest BCUT2D eigenvalue weighted by Gasteiger charge is 2.12. The molecule has 0 fully saturated rings. The molecule has 1 atom stereocenters. The van der Waals surface area contributed by atoms with Gasteiger partial charge in [0, 0.05) is 0 Å². The Kier molecular flexibility index (Phi) is 2.74. The minimum atomic E-state index is -0.266. The second-order valence-electron chi connectivity index (χ2n) is 3.85. The van der Waals surface area contributed by atoms with Crippen molar-refractivity contribution in [1.29, 1.82) is 0 Å². The summed E-state index contributed by atoms with van der Waals surface area (Å²) in [4.78, 5) is 8.48. The van der Waals surface area contributed by atoms with E-state index in [1.165, 1.54) is 0 Å². The fourth-order valence-electron chi connectivity index (χ4n) is 1.77. The molecule has 1 aliphatic heterocycles. The summed E-state index contributed by atoms with van der Waals surface area (Å²) < 4.78 is 1.81. The number of nitrogens with two attached hydrogens (primary N) is 1. The van der Waals surface area contributed by atoms with Gasteiger partial charge in [-0.15, -0.1) is 0 Å². The molecule has 92 valence electrons. The highest BCUT2D eigenvalue weighted by atomic mass is 35.5. The number of halogens is 2. The molecule has 1 aromatic heterocycles. The lowest BCUT2D eigenvalue weighted by molar-refractivity contribution is 0.763. The maximum Gasteiger partial charge on any atom is 0.139 e. The Balaban J connectivity index is 2.18. The second-order valence-corrected chi connectivity index (χ2v) is 4.66. The summed E-state index contributed by atoms with van der Waals surface area (Å²) in [6.07, 6.45) is 4.75. The maximum absolute atomic E-state index is 6.02. The molecule has 3 N–H and O–H groups in total. The number of fused-ring (bicyclic) bond motifs is 1. The zero-order valence-electron chi connectivity index (χ0n) is 9.14. The van der Waals surface area contributed by atoms with Crippen molar-refractivity contribution < 1.29 is 0 Å². The van der Waals surface area contributed by atoms with Crippen molar-refractivity contribution in [2.45, 2.75) is 6.17 Å². The molecule has 0 amide bonds. The molecule has 5 nitrogen and oxygen atoms in total. The van der Waals surface area contributed by atoms with E-state index in [1.807, 2.05) is 4.57 Å². The van der Waals surface area contributed by atoms with E-state index in [2.05, 4.69) is 15.3 Å². The number of aliphatic imine (C=N–C) groups is 1. The van der Waals surface area contributed by atoms with Crippen molar-refractivity contribution in [1.82, 2.24) is 14.9 Å². The summed E-state index contributed by atoms with van der Waals surface area (Å²) in [5.74, 6) is 0.696. The quantitative estimate of drug-likeness (QED) is 0.841. The molecule has 2 heterocycles. The van der Waals surface area contributed by atoms with Crippen LogP contribution in [-0.2, 0) is 0 Å². The van der Waals surface area contributed by atoms with Crippen molar-refractivity contribution in [2.24, 2.45) is 10.7 Å². The lowest BCUT2D eigenvalue weighted by Crippen LogP contribution is -2.36. The predicted octanol–water partition coefficient (Wildman–Crippen LogP) is 2.06.